The topological polar surface area (TPSA) is 61.3 Å². The summed E-state index contributed by atoms with van der Waals surface area (Å²) in [6, 6.07) is 12.7. The molecule has 1 heterocycles. The molecule has 0 amide bonds. The lowest BCUT2D eigenvalue weighted by atomic mass is 10.2. The van der Waals surface area contributed by atoms with Gasteiger partial charge in [0.2, 0.25) is 0 Å². The lowest BCUT2D eigenvalue weighted by Gasteiger charge is -2.07. The molecule has 8 heteroatoms. The Kier molecular flexibility index (Phi) is 6.26. The van der Waals surface area contributed by atoms with Gasteiger partial charge in [0.05, 0.1) is 18.3 Å². The molecular weight excluding hydrogens is 391 g/mol. The quantitative estimate of drug-likeness (QED) is 0.255. The Hall–Kier alpha value is -2.64. The number of halogens is 2. The van der Waals surface area contributed by atoms with Gasteiger partial charge in [-0.2, -0.15) is 0 Å². The Morgan fingerprint density at radius 1 is 1.11 bits per heavy atom. The number of methoxy groups -OCH3 is 1. The van der Waals surface area contributed by atoms with Crippen molar-refractivity contribution in [3.8, 4) is 11.5 Å². The number of benzene rings is 2. The van der Waals surface area contributed by atoms with Crippen LogP contribution in [0.25, 0.3) is 0 Å². The maximum atomic E-state index is 13.0. The molecule has 0 fully saturated rings. The van der Waals surface area contributed by atoms with Crippen LogP contribution >= 0.6 is 23.4 Å². The maximum Gasteiger partial charge on any atom is 0.364 e. The zero-order valence-corrected chi connectivity index (χ0v) is 15.8. The molecule has 0 atom stereocenters. The summed E-state index contributed by atoms with van der Waals surface area (Å²) in [6.07, 6.45) is 1.35. The first-order chi connectivity index (χ1) is 13.0. The molecule has 0 radical (unpaired) electrons. The first-order valence-electron chi connectivity index (χ1n) is 7.81. The van der Waals surface area contributed by atoms with Crippen molar-refractivity contribution in [2.45, 2.75) is 10.9 Å². The molecule has 0 spiro atoms. The predicted octanol–water partition coefficient (Wildman–Crippen LogP) is 4.79. The number of hydrogen-bond acceptors (Lipinski definition) is 6. The number of hydrogen-bond donors (Lipinski definition) is 0. The summed E-state index contributed by atoms with van der Waals surface area (Å²) >= 11 is 7.35. The molecule has 0 aliphatic rings. The number of esters is 1. The van der Waals surface area contributed by atoms with Gasteiger partial charge in [-0.3, -0.25) is 0 Å². The van der Waals surface area contributed by atoms with Crippen LogP contribution < -0.4 is 9.47 Å². The second kappa shape index (κ2) is 8.83. The summed E-state index contributed by atoms with van der Waals surface area (Å²) in [5.41, 5.74) is 0.881. The average Bonchev–Trinajstić information content (AvgIpc) is 2.69. The van der Waals surface area contributed by atoms with Crippen LogP contribution in [0.2, 0.25) is 5.02 Å². The van der Waals surface area contributed by atoms with Gasteiger partial charge in [0.1, 0.15) is 17.3 Å². The van der Waals surface area contributed by atoms with E-state index >= 15 is 0 Å². The third-order valence-corrected chi connectivity index (χ3v) is 4.68. The van der Waals surface area contributed by atoms with Crippen LogP contribution in [0.15, 0.2) is 59.9 Å². The SMILES string of the molecule is COc1ccc(OC(=O)c2nc(SCc3ccc(F)cc3)ncc2Cl)cc1. The van der Waals surface area contributed by atoms with E-state index in [1.807, 2.05) is 0 Å². The second-order valence-corrected chi connectivity index (χ2v) is 6.68. The minimum atomic E-state index is -0.684. The summed E-state index contributed by atoms with van der Waals surface area (Å²) in [7, 11) is 1.55. The van der Waals surface area contributed by atoms with Crippen molar-refractivity contribution in [3.63, 3.8) is 0 Å². The Bertz CT molecular complexity index is 937. The first kappa shape index (κ1) is 19.1. The van der Waals surface area contributed by atoms with Crippen molar-refractivity contribution in [1.82, 2.24) is 9.97 Å². The summed E-state index contributed by atoms with van der Waals surface area (Å²) in [5.74, 6) is 0.533. The Morgan fingerprint density at radius 2 is 1.78 bits per heavy atom. The zero-order valence-electron chi connectivity index (χ0n) is 14.2. The molecular formula is C19H14ClFN2O3S. The summed E-state index contributed by atoms with van der Waals surface area (Å²) in [6.45, 7) is 0. The predicted molar refractivity (Wildman–Crippen MR) is 101 cm³/mol. The van der Waals surface area contributed by atoms with Gasteiger partial charge in [0.25, 0.3) is 0 Å². The van der Waals surface area contributed by atoms with E-state index in [0.717, 1.165) is 5.56 Å². The van der Waals surface area contributed by atoms with E-state index < -0.39 is 5.97 Å². The standard InChI is InChI=1S/C19H14ClFN2O3S/c1-25-14-6-8-15(9-7-14)26-18(24)17-16(20)10-22-19(23-17)27-11-12-2-4-13(21)5-3-12/h2-10H,11H2,1H3. The van der Waals surface area contributed by atoms with Gasteiger partial charge in [-0.25, -0.2) is 19.2 Å². The van der Waals surface area contributed by atoms with Gasteiger partial charge in [-0.15, -0.1) is 0 Å². The molecule has 0 bridgehead atoms. The van der Waals surface area contributed by atoms with E-state index in [0.29, 0.717) is 22.4 Å². The van der Waals surface area contributed by atoms with Crippen LogP contribution in [-0.2, 0) is 5.75 Å². The van der Waals surface area contributed by atoms with Crippen molar-refractivity contribution in [2.75, 3.05) is 7.11 Å². The second-order valence-electron chi connectivity index (χ2n) is 5.33. The number of rotatable bonds is 6. The summed E-state index contributed by atoms with van der Waals surface area (Å²) in [4.78, 5) is 20.7. The molecule has 0 saturated carbocycles. The van der Waals surface area contributed by atoms with Crippen molar-refractivity contribution >= 4 is 29.3 Å². The minimum absolute atomic E-state index is 0.0240. The van der Waals surface area contributed by atoms with Crippen LogP contribution in [0.4, 0.5) is 4.39 Å². The minimum Gasteiger partial charge on any atom is -0.497 e. The maximum absolute atomic E-state index is 13.0. The smallest absolute Gasteiger partial charge is 0.364 e. The summed E-state index contributed by atoms with van der Waals surface area (Å²) in [5, 5.41) is 0.463. The van der Waals surface area contributed by atoms with Crippen molar-refractivity contribution in [2.24, 2.45) is 0 Å². The van der Waals surface area contributed by atoms with Gasteiger partial charge in [0, 0.05) is 5.75 Å². The molecule has 1 aromatic heterocycles. The largest absolute Gasteiger partial charge is 0.497 e. The van der Waals surface area contributed by atoms with Gasteiger partial charge in [-0.1, -0.05) is 35.5 Å². The molecule has 0 unspecified atom stereocenters. The fourth-order valence-corrected chi connectivity index (χ4v) is 3.03. The zero-order chi connectivity index (χ0) is 19.2. The third-order valence-electron chi connectivity index (χ3n) is 3.47. The molecule has 138 valence electrons. The van der Waals surface area contributed by atoms with Crippen LogP contribution in [0, 0.1) is 5.82 Å². The lowest BCUT2D eigenvalue weighted by Crippen LogP contribution is -2.12. The molecule has 2 aromatic carbocycles. The molecule has 0 aliphatic carbocycles. The number of aromatic nitrogens is 2. The van der Waals surface area contributed by atoms with Crippen molar-refractivity contribution in [3.05, 3.63) is 76.8 Å². The van der Waals surface area contributed by atoms with E-state index in [-0.39, 0.29) is 16.5 Å². The molecule has 27 heavy (non-hydrogen) atoms. The van der Waals surface area contributed by atoms with Gasteiger partial charge in [-0.05, 0) is 42.0 Å². The van der Waals surface area contributed by atoms with Crippen LogP contribution in [0.1, 0.15) is 16.1 Å². The fraction of sp³-hybridized carbons (Fsp3) is 0.105. The lowest BCUT2D eigenvalue weighted by molar-refractivity contribution is 0.0727. The highest BCUT2D eigenvalue weighted by Crippen LogP contribution is 2.24. The van der Waals surface area contributed by atoms with E-state index in [1.165, 1.54) is 30.1 Å². The van der Waals surface area contributed by atoms with Crippen LogP contribution in [-0.4, -0.2) is 23.0 Å². The fourth-order valence-electron chi connectivity index (χ4n) is 2.09. The Balaban J connectivity index is 1.69. The number of ether oxygens (including phenoxy) is 2. The monoisotopic (exact) mass is 404 g/mol. The molecule has 0 aliphatic heterocycles. The van der Waals surface area contributed by atoms with Gasteiger partial charge in [0.15, 0.2) is 10.9 Å². The van der Waals surface area contributed by atoms with E-state index in [1.54, 1.807) is 43.5 Å². The molecule has 5 nitrogen and oxygen atoms in total. The summed E-state index contributed by atoms with van der Waals surface area (Å²) < 4.78 is 23.3. The Labute approximate surface area is 164 Å². The number of carbonyl (C=O) groups is 1. The molecule has 3 aromatic rings. The first-order valence-corrected chi connectivity index (χ1v) is 9.17. The third kappa shape index (κ3) is 5.18. The highest BCUT2D eigenvalue weighted by molar-refractivity contribution is 7.98. The highest BCUT2D eigenvalue weighted by Gasteiger charge is 2.17. The highest BCUT2D eigenvalue weighted by atomic mass is 35.5. The van der Waals surface area contributed by atoms with Crippen LogP contribution in [0.5, 0.6) is 11.5 Å². The van der Waals surface area contributed by atoms with Crippen molar-refractivity contribution in [1.29, 1.82) is 0 Å². The molecule has 0 N–H and O–H groups in total. The molecule has 3 rings (SSSR count). The average molecular weight is 405 g/mol. The van der Waals surface area contributed by atoms with Gasteiger partial charge >= 0.3 is 5.97 Å². The number of carbonyl (C=O) groups excluding carboxylic acids is 1. The van der Waals surface area contributed by atoms with Gasteiger partial charge < -0.3 is 9.47 Å². The van der Waals surface area contributed by atoms with E-state index in [4.69, 9.17) is 21.1 Å². The number of nitrogens with zero attached hydrogens (tertiary/aromatic N) is 2. The normalized spacial score (nSPS) is 10.5. The van der Waals surface area contributed by atoms with E-state index in [9.17, 15) is 9.18 Å². The van der Waals surface area contributed by atoms with Crippen molar-refractivity contribution < 1.29 is 18.7 Å². The molecule has 0 saturated heterocycles. The van der Waals surface area contributed by atoms with E-state index in [2.05, 4.69) is 9.97 Å². The van der Waals surface area contributed by atoms with Crippen LogP contribution in [0.3, 0.4) is 0 Å². The Morgan fingerprint density at radius 3 is 2.44 bits per heavy atom. The number of thioether (sulfide) groups is 1.